The van der Waals surface area contributed by atoms with Crippen molar-refractivity contribution >= 4 is 56.7 Å². The maximum atomic E-state index is 14.0. The molecular formula is C34H24ClN3O3. The topological polar surface area (TPSA) is 72.3 Å². The number of carbonyl (C=O) groups excluding carboxylic acids is 3. The largest absolute Gasteiger partial charge is 0.342 e. The lowest BCUT2D eigenvalue weighted by Crippen LogP contribution is -2.42. The number of para-hydroxylation sites is 1. The van der Waals surface area contributed by atoms with Crippen LogP contribution >= 0.6 is 11.6 Å². The third kappa shape index (κ3) is 5.38. The summed E-state index contributed by atoms with van der Waals surface area (Å²) in [5, 5.41) is 2.03. The van der Waals surface area contributed by atoms with Crippen LogP contribution < -0.4 is 4.90 Å². The third-order valence-electron chi connectivity index (χ3n) is 6.99. The molecule has 2 amide bonds. The van der Waals surface area contributed by atoms with E-state index in [4.69, 9.17) is 11.6 Å². The second kappa shape index (κ2) is 11.2. The van der Waals surface area contributed by atoms with Gasteiger partial charge in [-0.15, -0.1) is 0 Å². The number of aromatic nitrogens is 2. The van der Waals surface area contributed by atoms with Crippen molar-refractivity contribution in [2.45, 2.75) is 13.0 Å². The highest BCUT2D eigenvalue weighted by molar-refractivity contribution is 6.52. The number of amides is 2. The fraction of sp³-hybridized carbons (Fsp3) is 0.0588. The molecule has 0 aliphatic heterocycles. The van der Waals surface area contributed by atoms with Crippen molar-refractivity contribution in [3.05, 3.63) is 143 Å². The van der Waals surface area contributed by atoms with E-state index in [0.29, 0.717) is 22.6 Å². The van der Waals surface area contributed by atoms with Crippen molar-refractivity contribution in [3.63, 3.8) is 0 Å². The lowest BCUT2D eigenvalue weighted by Gasteiger charge is -2.21. The maximum absolute atomic E-state index is 14.0. The molecule has 7 heteroatoms. The predicted octanol–water partition coefficient (Wildman–Crippen LogP) is 6.88. The van der Waals surface area contributed by atoms with Crippen LogP contribution in [-0.2, 0) is 22.6 Å². The Balaban J connectivity index is 1.40. The van der Waals surface area contributed by atoms with Crippen molar-refractivity contribution in [2.24, 2.45) is 0 Å². The fourth-order valence-electron chi connectivity index (χ4n) is 4.99. The first-order valence-electron chi connectivity index (χ1n) is 13.1. The molecule has 0 radical (unpaired) electrons. The molecule has 2 aromatic heterocycles. The quantitative estimate of drug-likeness (QED) is 0.158. The Morgan fingerprint density at radius 2 is 1.54 bits per heavy atom. The Bertz CT molecular complexity index is 1910. The number of Topliss-reactive ketones (excluding diaryl/α,β-unsaturated/α-hetero) is 1. The molecule has 6 nitrogen and oxygen atoms in total. The highest BCUT2D eigenvalue weighted by atomic mass is 35.5. The Morgan fingerprint density at radius 1 is 0.780 bits per heavy atom. The molecule has 41 heavy (non-hydrogen) atoms. The summed E-state index contributed by atoms with van der Waals surface area (Å²) in [5.74, 6) is -2.17. The molecule has 2 heterocycles. The maximum Gasteiger partial charge on any atom is 0.306 e. The van der Waals surface area contributed by atoms with Gasteiger partial charge < -0.3 is 4.57 Å². The van der Waals surface area contributed by atoms with Crippen LogP contribution in [0.4, 0.5) is 5.69 Å². The van der Waals surface area contributed by atoms with E-state index in [1.54, 1.807) is 36.7 Å². The number of fused-ring (bicyclic) bond motifs is 2. The Labute approximate surface area is 241 Å². The number of nitrogens with zero attached hydrogens (tertiary/aromatic N) is 3. The average molecular weight is 558 g/mol. The minimum atomic E-state index is -0.913. The first-order valence-corrected chi connectivity index (χ1v) is 13.5. The molecule has 0 saturated heterocycles. The van der Waals surface area contributed by atoms with Gasteiger partial charge in [-0.3, -0.25) is 19.4 Å². The molecule has 6 aromatic rings. The molecular weight excluding hydrogens is 534 g/mol. The number of carbonyl (C=O) groups is 3. The van der Waals surface area contributed by atoms with Gasteiger partial charge in [0, 0.05) is 40.3 Å². The van der Waals surface area contributed by atoms with Gasteiger partial charge in [-0.05, 0) is 53.6 Å². The van der Waals surface area contributed by atoms with Crippen molar-refractivity contribution in [2.75, 3.05) is 4.90 Å². The Morgan fingerprint density at radius 3 is 2.34 bits per heavy atom. The molecule has 0 aliphatic rings. The summed E-state index contributed by atoms with van der Waals surface area (Å²) in [7, 11) is 0. The number of benzene rings is 4. The predicted molar refractivity (Wildman–Crippen MR) is 161 cm³/mol. The van der Waals surface area contributed by atoms with Crippen LogP contribution in [0.15, 0.2) is 122 Å². The van der Waals surface area contributed by atoms with E-state index in [2.05, 4.69) is 4.98 Å². The summed E-state index contributed by atoms with van der Waals surface area (Å²) in [6.07, 6.45) is 3.32. The van der Waals surface area contributed by atoms with E-state index in [0.717, 1.165) is 32.4 Å². The summed E-state index contributed by atoms with van der Waals surface area (Å²) in [5.41, 5.74) is 3.80. The summed E-state index contributed by atoms with van der Waals surface area (Å²) >= 11 is 6.05. The van der Waals surface area contributed by atoms with Gasteiger partial charge in [0.05, 0.1) is 23.2 Å². The van der Waals surface area contributed by atoms with Gasteiger partial charge in [0.15, 0.2) is 0 Å². The molecule has 4 aromatic carbocycles. The number of hydrogen-bond acceptors (Lipinski definition) is 4. The Kier molecular flexibility index (Phi) is 7.15. The second-order valence-corrected chi connectivity index (χ2v) is 10.2. The SMILES string of the molecule is O=C(C(=O)N(C(=O)Cc1ccccc1)c1ccc2ncccc2c1)c1cn(Cc2ccc(Cl)cc2)c2ccccc12. The molecule has 0 fully saturated rings. The van der Waals surface area contributed by atoms with Gasteiger partial charge in [0.1, 0.15) is 0 Å². The normalized spacial score (nSPS) is 11.0. The Hall–Kier alpha value is -5.07. The van der Waals surface area contributed by atoms with Gasteiger partial charge in [-0.1, -0.05) is 78.3 Å². The van der Waals surface area contributed by atoms with E-state index in [1.807, 2.05) is 89.5 Å². The summed E-state index contributed by atoms with van der Waals surface area (Å²) in [6.45, 7) is 0.480. The smallest absolute Gasteiger partial charge is 0.306 e. The minimum Gasteiger partial charge on any atom is -0.342 e. The van der Waals surface area contributed by atoms with Crippen LogP contribution in [0.2, 0.25) is 5.02 Å². The van der Waals surface area contributed by atoms with E-state index >= 15 is 0 Å². The molecule has 0 atom stereocenters. The number of anilines is 1. The zero-order chi connectivity index (χ0) is 28.3. The first-order chi connectivity index (χ1) is 20.0. The lowest BCUT2D eigenvalue weighted by atomic mass is 10.1. The van der Waals surface area contributed by atoms with Crippen molar-refractivity contribution in [3.8, 4) is 0 Å². The molecule has 0 spiro atoms. The van der Waals surface area contributed by atoms with Crippen LogP contribution in [0.25, 0.3) is 21.8 Å². The molecule has 6 rings (SSSR count). The van der Waals surface area contributed by atoms with Gasteiger partial charge in [-0.2, -0.15) is 0 Å². The average Bonchev–Trinajstić information content (AvgIpc) is 3.36. The van der Waals surface area contributed by atoms with Crippen molar-refractivity contribution < 1.29 is 14.4 Å². The molecule has 0 aliphatic carbocycles. The van der Waals surface area contributed by atoms with Crippen LogP contribution in [0.3, 0.4) is 0 Å². The van der Waals surface area contributed by atoms with E-state index in [9.17, 15) is 14.4 Å². The van der Waals surface area contributed by atoms with Crippen LogP contribution in [-0.4, -0.2) is 27.1 Å². The number of pyridine rings is 1. The van der Waals surface area contributed by atoms with Crippen molar-refractivity contribution in [1.29, 1.82) is 0 Å². The number of ketones is 1. The minimum absolute atomic E-state index is 0.0384. The number of rotatable bonds is 7. The third-order valence-corrected chi connectivity index (χ3v) is 7.24. The van der Waals surface area contributed by atoms with Crippen LogP contribution in [0.1, 0.15) is 21.5 Å². The number of imide groups is 1. The highest BCUT2D eigenvalue weighted by Gasteiger charge is 2.32. The summed E-state index contributed by atoms with van der Waals surface area (Å²) in [4.78, 5) is 46.9. The molecule has 200 valence electrons. The number of halogens is 1. The zero-order valence-electron chi connectivity index (χ0n) is 21.9. The van der Waals surface area contributed by atoms with Crippen LogP contribution in [0, 0.1) is 0 Å². The molecule has 0 unspecified atom stereocenters. The summed E-state index contributed by atoms with van der Waals surface area (Å²) < 4.78 is 1.93. The van der Waals surface area contributed by atoms with Crippen molar-refractivity contribution in [1.82, 2.24) is 9.55 Å². The second-order valence-electron chi connectivity index (χ2n) is 9.72. The van der Waals surface area contributed by atoms with Crippen LogP contribution in [0.5, 0.6) is 0 Å². The number of hydrogen-bond donors (Lipinski definition) is 0. The van der Waals surface area contributed by atoms with Gasteiger partial charge in [-0.25, -0.2) is 4.90 Å². The molecule has 0 N–H and O–H groups in total. The highest BCUT2D eigenvalue weighted by Crippen LogP contribution is 2.27. The van der Waals surface area contributed by atoms with E-state index < -0.39 is 17.6 Å². The summed E-state index contributed by atoms with van der Waals surface area (Å²) in [6, 6.07) is 32.8. The standard InChI is InChI=1S/C34H24ClN3O3/c35-26-14-12-24(13-15-26)21-37-22-29(28-10-4-5-11-31(28)37)33(40)34(41)38(32(39)19-23-7-2-1-3-8-23)27-16-17-30-25(20-27)9-6-18-36-30/h1-18,20,22H,19,21H2. The molecule has 0 saturated carbocycles. The van der Waals surface area contributed by atoms with E-state index in [1.165, 1.54) is 0 Å². The van der Waals surface area contributed by atoms with E-state index in [-0.39, 0.29) is 12.0 Å². The monoisotopic (exact) mass is 557 g/mol. The molecule has 0 bridgehead atoms. The zero-order valence-corrected chi connectivity index (χ0v) is 22.7. The van der Waals surface area contributed by atoms with Gasteiger partial charge in [0.25, 0.3) is 5.78 Å². The lowest BCUT2D eigenvalue weighted by molar-refractivity contribution is -0.124. The van der Waals surface area contributed by atoms with Gasteiger partial charge >= 0.3 is 5.91 Å². The fourth-order valence-corrected chi connectivity index (χ4v) is 5.11. The van der Waals surface area contributed by atoms with Gasteiger partial charge in [0.2, 0.25) is 5.91 Å². The first kappa shape index (κ1) is 26.2.